The molecule has 2 aliphatic heterocycles. The van der Waals surface area contributed by atoms with E-state index in [1.54, 1.807) is 20.5 Å². The minimum absolute atomic E-state index is 0.0371. The number of fused-ring (bicyclic) bond motifs is 3. The Morgan fingerprint density at radius 3 is 2.46 bits per heavy atom. The third-order valence-corrected chi connectivity index (χ3v) is 11.5. The Hall–Kier alpha value is -3.93. The first-order valence-corrected chi connectivity index (χ1v) is 18.3. The van der Waals surface area contributed by atoms with E-state index in [4.69, 9.17) is 21.1 Å². The molecule has 0 atom stereocenters. The van der Waals surface area contributed by atoms with Gasteiger partial charge in [-0.3, -0.25) is 9.69 Å². The number of aromatic nitrogens is 4. The molecule has 2 aromatic heterocycles. The molecule has 1 amide bonds. The number of halogens is 1. The van der Waals surface area contributed by atoms with Gasteiger partial charge in [-0.05, 0) is 94.1 Å². The molecule has 7 rings (SSSR count). The average Bonchev–Trinajstić information content (AvgIpc) is 3.56. The van der Waals surface area contributed by atoms with E-state index in [1.165, 1.54) is 11.1 Å². The fourth-order valence-corrected chi connectivity index (χ4v) is 8.66. The van der Waals surface area contributed by atoms with E-state index in [0.29, 0.717) is 30.6 Å². The number of carbonyl (C=O) groups is 1. The molecule has 1 spiro atoms. The minimum atomic E-state index is -0.0937. The second-order valence-electron chi connectivity index (χ2n) is 14.2. The summed E-state index contributed by atoms with van der Waals surface area (Å²) in [6.45, 7) is 6.45. The average molecular weight is 701 g/mol. The molecule has 266 valence electrons. The monoisotopic (exact) mass is 700 g/mol. The van der Waals surface area contributed by atoms with Crippen molar-refractivity contribution in [2.75, 3.05) is 79.0 Å². The van der Waals surface area contributed by atoms with Crippen LogP contribution in [-0.4, -0.2) is 114 Å². The molecule has 11 nitrogen and oxygen atoms in total. The van der Waals surface area contributed by atoms with E-state index < -0.39 is 0 Å². The molecule has 0 unspecified atom stereocenters. The van der Waals surface area contributed by atoms with Crippen molar-refractivity contribution >= 4 is 34.4 Å². The molecule has 0 bridgehead atoms. The van der Waals surface area contributed by atoms with Crippen LogP contribution in [0.3, 0.4) is 0 Å². The zero-order chi connectivity index (χ0) is 34.8. The van der Waals surface area contributed by atoms with Gasteiger partial charge in [-0.1, -0.05) is 29.8 Å². The molecule has 1 saturated heterocycles. The molecule has 4 aromatic rings. The van der Waals surface area contributed by atoms with Crippen LogP contribution < -0.4 is 14.4 Å². The first kappa shape index (κ1) is 34.5. The van der Waals surface area contributed by atoms with Gasteiger partial charge in [0.25, 0.3) is 0 Å². The third-order valence-electron chi connectivity index (χ3n) is 11.1. The largest absolute Gasteiger partial charge is 0.493 e. The molecule has 1 aliphatic carbocycles. The van der Waals surface area contributed by atoms with Crippen molar-refractivity contribution < 1.29 is 14.3 Å². The van der Waals surface area contributed by atoms with Crippen LogP contribution in [0, 0.1) is 5.92 Å². The lowest BCUT2D eigenvalue weighted by molar-refractivity contribution is -0.138. The highest BCUT2D eigenvalue weighted by Crippen LogP contribution is 2.50. The fraction of sp³-hybridized carbons (Fsp3) is 0.526. The second kappa shape index (κ2) is 14.7. The molecule has 50 heavy (non-hydrogen) atoms. The van der Waals surface area contributed by atoms with Crippen molar-refractivity contribution in [3.8, 4) is 11.5 Å². The van der Waals surface area contributed by atoms with Crippen LogP contribution in [0.1, 0.15) is 48.8 Å². The molecular weight excluding hydrogens is 652 g/mol. The Balaban J connectivity index is 1.02. The summed E-state index contributed by atoms with van der Waals surface area (Å²) in [5.41, 5.74) is 4.38. The number of nitrogens with zero attached hydrogens (tertiary/aromatic N) is 8. The van der Waals surface area contributed by atoms with Crippen LogP contribution in [0.4, 0.5) is 5.82 Å². The van der Waals surface area contributed by atoms with E-state index in [1.807, 2.05) is 35.1 Å². The summed E-state index contributed by atoms with van der Waals surface area (Å²) in [6.07, 6.45) is 9.25. The zero-order valence-electron chi connectivity index (χ0n) is 29.8. The third kappa shape index (κ3) is 6.63. The summed E-state index contributed by atoms with van der Waals surface area (Å²) in [4.78, 5) is 32.6. The molecular formula is C38H49ClN8O3. The van der Waals surface area contributed by atoms with Crippen molar-refractivity contribution in [2.45, 2.75) is 50.6 Å². The lowest BCUT2D eigenvalue weighted by Gasteiger charge is -2.52. The second-order valence-corrected chi connectivity index (χ2v) is 14.6. The van der Waals surface area contributed by atoms with Crippen LogP contribution in [0.15, 0.2) is 48.9 Å². The Morgan fingerprint density at radius 1 is 1.00 bits per heavy atom. The first-order valence-electron chi connectivity index (χ1n) is 17.9. The van der Waals surface area contributed by atoms with Gasteiger partial charge in [0.15, 0.2) is 17.1 Å². The molecule has 2 aromatic carbocycles. The van der Waals surface area contributed by atoms with Gasteiger partial charge in [-0.25, -0.2) is 14.6 Å². The number of rotatable bonds is 10. The number of hydrogen-bond acceptors (Lipinski definition) is 9. The quantitative estimate of drug-likeness (QED) is 0.224. The summed E-state index contributed by atoms with van der Waals surface area (Å²) in [7, 11) is 7.70. The molecule has 1 saturated carbocycles. The zero-order valence-corrected chi connectivity index (χ0v) is 30.5. The number of anilines is 1. The predicted molar refractivity (Wildman–Crippen MR) is 196 cm³/mol. The highest BCUT2D eigenvalue weighted by Gasteiger charge is 2.47. The van der Waals surface area contributed by atoms with Crippen molar-refractivity contribution in [1.29, 1.82) is 0 Å². The fourth-order valence-electron chi connectivity index (χ4n) is 8.47. The Bertz CT molecular complexity index is 1810. The lowest BCUT2D eigenvalue weighted by atomic mass is 9.68. The van der Waals surface area contributed by atoms with Gasteiger partial charge < -0.3 is 24.2 Å². The van der Waals surface area contributed by atoms with Crippen molar-refractivity contribution in [1.82, 2.24) is 34.4 Å². The maximum Gasteiger partial charge on any atom is 0.225 e. The number of piperazine rings is 1. The van der Waals surface area contributed by atoms with Crippen LogP contribution >= 0.6 is 11.6 Å². The Labute approximate surface area is 300 Å². The van der Waals surface area contributed by atoms with Crippen molar-refractivity contribution in [2.24, 2.45) is 5.92 Å². The number of amides is 1. The van der Waals surface area contributed by atoms with Gasteiger partial charge in [-0.2, -0.15) is 5.10 Å². The van der Waals surface area contributed by atoms with Gasteiger partial charge in [0.05, 0.1) is 32.3 Å². The van der Waals surface area contributed by atoms with Crippen molar-refractivity contribution in [3.05, 3.63) is 70.6 Å². The molecule has 0 N–H and O–H groups in total. The Morgan fingerprint density at radius 2 is 1.74 bits per heavy atom. The summed E-state index contributed by atoms with van der Waals surface area (Å²) in [6, 6.07) is 12.2. The maximum atomic E-state index is 14.0. The van der Waals surface area contributed by atoms with Gasteiger partial charge in [-0.15, -0.1) is 0 Å². The molecule has 0 radical (unpaired) electrons. The molecule has 3 aliphatic rings. The topological polar surface area (TPSA) is 92.1 Å². The van der Waals surface area contributed by atoms with E-state index in [0.717, 1.165) is 105 Å². The first-order chi connectivity index (χ1) is 24.3. The van der Waals surface area contributed by atoms with Crippen LogP contribution in [0.25, 0.3) is 11.0 Å². The van der Waals surface area contributed by atoms with E-state index in [-0.39, 0.29) is 11.5 Å². The molecule has 4 heterocycles. The summed E-state index contributed by atoms with van der Waals surface area (Å²) < 4.78 is 13.3. The summed E-state index contributed by atoms with van der Waals surface area (Å²) >= 11 is 6.43. The van der Waals surface area contributed by atoms with E-state index in [2.05, 4.69) is 60.9 Å². The summed E-state index contributed by atoms with van der Waals surface area (Å²) in [5, 5.41) is 6.26. The van der Waals surface area contributed by atoms with E-state index >= 15 is 0 Å². The highest BCUT2D eigenvalue weighted by atomic mass is 35.5. The van der Waals surface area contributed by atoms with Gasteiger partial charge in [0, 0.05) is 55.7 Å². The molecule has 2 fully saturated rings. The maximum absolute atomic E-state index is 14.0. The molecule has 12 heteroatoms. The van der Waals surface area contributed by atoms with Crippen LogP contribution in [-0.2, 0) is 23.3 Å². The standard InChI is InChI=1S/C38H49ClN8O3/c1-43(2)15-7-16-46-17-12-28-22-33(49-3)34(50-4)23-31(28)38(46)13-10-27(11-14-38)37(48)45-20-18-44(19-21-45)35-30-24-42-47(36(30)41-26-40-35)25-29-8-5-6-9-32(29)39/h5-6,8-9,22-24,26-27H,7,10-21,25H2,1-4H3. The van der Waals surface area contributed by atoms with Crippen molar-refractivity contribution in [3.63, 3.8) is 0 Å². The van der Waals surface area contributed by atoms with Gasteiger partial charge in [0.1, 0.15) is 12.1 Å². The normalized spacial score (nSPS) is 21.2. The summed E-state index contributed by atoms with van der Waals surface area (Å²) in [5.74, 6) is 2.77. The van der Waals surface area contributed by atoms with Gasteiger partial charge in [0.2, 0.25) is 5.91 Å². The number of benzene rings is 2. The number of methoxy groups -OCH3 is 2. The number of ether oxygens (including phenoxy) is 2. The van der Waals surface area contributed by atoms with Crippen LogP contribution in [0.2, 0.25) is 5.02 Å². The van der Waals surface area contributed by atoms with Crippen LogP contribution in [0.5, 0.6) is 11.5 Å². The lowest BCUT2D eigenvalue weighted by Crippen LogP contribution is -2.55. The number of carbonyl (C=O) groups excluding carboxylic acids is 1. The smallest absolute Gasteiger partial charge is 0.225 e. The van der Waals surface area contributed by atoms with E-state index in [9.17, 15) is 4.79 Å². The minimum Gasteiger partial charge on any atom is -0.493 e. The number of hydrogen-bond donors (Lipinski definition) is 0. The predicted octanol–water partition coefficient (Wildman–Crippen LogP) is 5.09. The Kier molecular flexibility index (Phi) is 10.2. The SMILES string of the molecule is COc1cc2c(cc1OC)C1(CCC(C(=O)N3CCN(c4ncnc5c4cnn5Cc4ccccc4Cl)CC3)CC1)N(CCCN(C)C)CC2. The highest BCUT2D eigenvalue weighted by molar-refractivity contribution is 6.31. The van der Waals surface area contributed by atoms with Gasteiger partial charge >= 0.3 is 0 Å².